The molecule has 0 unspecified atom stereocenters. The van der Waals surface area contributed by atoms with E-state index in [0.29, 0.717) is 13.1 Å². The van der Waals surface area contributed by atoms with Gasteiger partial charge in [-0.25, -0.2) is 0 Å². The van der Waals surface area contributed by atoms with Crippen molar-refractivity contribution in [2.75, 3.05) is 38.2 Å². The first-order valence-electron chi connectivity index (χ1n) is 9.86. The molecule has 0 spiro atoms. The molecule has 3 aromatic rings. The van der Waals surface area contributed by atoms with E-state index in [1.807, 2.05) is 55.1 Å². The molecule has 1 aromatic heterocycles. The largest absolute Gasteiger partial charge is 0.497 e. The van der Waals surface area contributed by atoms with E-state index in [1.165, 1.54) is 5.56 Å². The van der Waals surface area contributed by atoms with Crippen LogP contribution >= 0.6 is 0 Å². The molecule has 150 valence electrons. The molecule has 4 rings (SSSR count). The molecule has 0 radical (unpaired) electrons. The summed E-state index contributed by atoms with van der Waals surface area (Å²) in [5.41, 5.74) is 5.04. The molecule has 0 aliphatic carbocycles. The molecule has 0 saturated carbocycles. The fourth-order valence-corrected chi connectivity index (χ4v) is 3.75. The number of aromatic nitrogens is 2. The fraction of sp³-hybridized carbons (Fsp3) is 0.304. The van der Waals surface area contributed by atoms with Crippen LogP contribution in [0, 0.1) is 13.8 Å². The standard InChI is InChI=1S/C23H26N4O2/c1-16-4-9-20(17(2)14-16)23(28)27-12-10-26(11-13-27)22-15-21(24-25-22)18-5-7-19(29-3)8-6-18/h4-9,14-15H,10-13H2,1-3H3,(H,24,25). The van der Waals surface area contributed by atoms with Crippen LogP contribution in [-0.2, 0) is 0 Å². The highest BCUT2D eigenvalue weighted by atomic mass is 16.5. The van der Waals surface area contributed by atoms with Crippen LogP contribution in [0.2, 0.25) is 0 Å². The van der Waals surface area contributed by atoms with Crippen LogP contribution in [0.5, 0.6) is 5.75 Å². The molecule has 6 heteroatoms. The van der Waals surface area contributed by atoms with Gasteiger partial charge in [-0.2, -0.15) is 5.10 Å². The maximum absolute atomic E-state index is 12.9. The maximum Gasteiger partial charge on any atom is 0.254 e. The van der Waals surface area contributed by atoms with Crippen molar-refractivity contribution in [3.8, 4) is 17.0 Å². The second-order valence-electron chi connectivity index (χ2n) is 7.47. The van der Waals surface area contributed by atoms with E-state index >= 15 is 0 Å². The topological polar surface area (TPSA) is 61.5 Å². The van der Waals surface area contributed by atoms with Gasteiger partial charge in [0.1, 0.15) is 5.75 Å². The summed E-state index contributed by atoms with van der Waals surface area (Å²) < 4.78 is 5.21. The van der Waals surface area contributed by atoms with Crippen molar-refractivity contribution in [1.82, 2.24) is 15.1 Å². The predicted molar refractivity (Wildman–Crippen MR) is 115 cm³/mol. The van der Waals surface area contributed by atoms with Gasteiger partial charge in [-0.1, -0.05) is 17.7 Å². The lowest BCUT2D eigenvalue weighted by atomic mass is 10.0. The Morgan fingerprint density at radius 2 is 1.72 bits per heavy atom. The molecule has 2 heterocycles. The number of anilines is 1. The number of aromatic amines is 1. The van der Waals surface area contributed by atoms with Crippen LogP contribution < -0.4 is 9.64 Å². The van der Waals surface area contributed by atoms with Crippen LogP contribution in [0.3, 0.4) is 0 Å². The Hall–Kier alpha value is -3.28. The molecule has 0 atom stereocenters. The average Bonchev–Trinajstić information content (AvgIpc) is 3.24. The van der Waals surface area contributed by atoms with E-state index in [4.69, 9.17) is 4.74 Å². The number of hydrogen-bond acceptors (Lipinski definition) is 4. The number of rotatable bonds is 4. The predicted octanol–water partition coefficient (Wildman–Crippen LogP) is 3.66. The number of amides is 1. The molecular formula is C23H26N4O2. The van der Waals surface area contributed by atoms with E-state index in [0.717, 1.165) is 47.0 Å². The zero-order chi connectivity index (χ0) is 20.4. The third kappa shape index (κ3) is 3.97. The highest BCUT2D eigenvalue weighted by Crippen LogP contribution is 2.25. The minimum Gasteiger partial charge on any atom is -0.497 e. The second kappa shape index (κ2) is 7.99. The molecule has 1 fully saturated rings. The van der Waals surface area contributed by atoms with Crippen LogP contribution in [0.15, 0.2) is 48.5 Å². The number of carbonyl (C=O) groups is 1. The molecule has 2 aromatic carbocycles. The van der Waals surface area contributed by atoms with Crippen LogP contribution in [0.4, 0.5) is 5.82 Å². The molecule has 29 heavy (non-hydrogen) atoms. The first-order valence-corrected chi connectivity index (χ1v) is 9.86. The Morgan fingerprint density at radius 1 is 1.00 bits per heavy atom. The quantitative estimate of drug-likeness (QED) is 0.738. The molecular weight excluding hydrogens is 364 g/mol. The van der Waals surface area contributed by atoms with E-state index in [-0.39, 0.29) is 5.91 Å². The SMILES string of the molecule is COc1ccc(-c2cc(N3CCN(C(=O)c4ccc(C)cc4C)CC3)n[nH]2)cc1. The zero-order valence-corrected chi connectivity index (χ0v) is 17.1. The van der Waals surface area contributed by atoms with Gasteiger partial charge in [0.25, 0.3) is 5.91 Å². The summed E-state index contributed by atoms with van der Waals surface area (Å²) in [7, 11) is 1.66. The van der Waals surface area contributed by atoms with Gasteiger partial charge in [0, 0.05) is 37.8 Å². The number of benzene rings is 2. The summed E-state index contributed by atoms with van der Waals surface area (Å²) in [4.78, 5) is 17.0. The highest BCUT2D eigenvalue weighted by Gasteiger charge is 2.24. The third-order valence-corrected chi connectivity index (χ3v) is 5.47. The summed E-state index contributed by atoms with van der Waals surface area (Å²) in [5.74, 6) is 1.86. The van der Waals surface area contributed by atoms with Crippen LogP contribution in [0.1, 0.15) is 21.5 Å². The Balaban J connectivity index is 1.40. The summed E-state index contributed by atoms with van der Waals surface area (Å²) in [6.45, 7) is 6.96. The molecule has 1 saturated heterocycles. The minimum atomic E-state index is 0.114. The lowest BCUT2D eigenvalue weighted by Crippen LogP contribution is -2.49. The van der Waals surface area contributed by atoms with Crippen LogP contribution in [-0.4, -0.2) is 54.3 Å². The molecule has 1 aliphatic heterocycles. The summed E-state index contributed by atoms with van der Waals surface area (Å²) >= 11 is 0. The fourth-order valence-electron chi connectivity index (χ4n) is 3.75. The van der Waals surface area contributed by atoms with Gasteiger partial charge >= 0.3 is 0 Å². The molecule has 1 aliphatic rings. The van der Waals surface area contributed by atoms with Crippen molar-refractivity contribution in [3.63, 3.8) is 0 Å². The number of hydrogen-bond donors (Lipinski definition) is 1. The van der Waals surface area contributed by atoms with Crippen molar-refractivity contribution in [2.45, 2.75) is 13.8 Å². The van der Waals surface area contributed by atoms with Crippen molar-refractivity contribution in [1.29, 1.82) is 0 Å². The smallest absolute Gasteiger partial charge is 0.254 e. The van der Waals surface area contributed by atoms with Gasteiger partial charge < -0.3 is 14.5 Å². The van der Waals surface area contributed by atoms with Crippen molar-refractivity contribution in [2.24, 2.45) is 0 Å². The van der Waals surface area contributed by atoms with Crippen molar-refractivity contribution < 1.29 is 9.53 Å². The second-order valence-corrected chi connectivity index (χ2v) is 7.47. The number of H-pyrrole nitrogens is 1. The van der Waals surface area contributed by atoms with Gasteiger partial charge in [0.15, 0.2) is 5.82 Å². The summed E-state index contributed by atoms with van der Waals surface area (Å²) in [6.07, 6.45) is 0. The Labute approximate surface area is 171 Å². The van der Waals surface area contributed by atoms with Gasteiger partial charge in [-0.15, -0.1) is 0 Å². The number of carbonyl (C=O) groups excluding carboxylic acids is 1. The summed E-state index contributed by atoms with van der Waals surface area (Å²) in [5, 5.41) is 7.59. The van der Waals surface area contributed by atoms with E-state index < -0.39 is 0 Å². The zero-order valence-electron chi connectivity index (χ0n) is 17.1. The number of aryl methyl sites for hydroxylation is 2. The van der Waals surface area contributed by atoms with E-state index in [9.17, 15) is 4.79 Å². The minimum absolute atomic E-state index is 0.114. The molecule has 6 nitrogen and oxygen atoms in total. The van der Waals surface area contributed by atoms with Gasteiger partial charge in [0.2, 0.25) is 0 Å². The van der Waals surface area contributed by atoms with Crippen LogP contribution in [0.25, 0.3) is 11.3 Å². The van der Waals surface area contributed by atoms with Gasteiger partial charge in [-0.3, -0.25) is 9.89 Å². The lowest BCUT2D eigenvalue weighted by Gasteiger charge is -2.35. The van der Waals surface area contributed by atoms with E-state index in [2.05, 4.69) is 27.2 Å². The average molecular weight is 390 g/mol. The number of ether oxygens (including phenoxy) is 1. The Morgan fingerprint density at radius 3 is 2.38 bits per heavy atom. The lowest BCUT2D eigenvalue weighted by molar-refractivity contribution is 0.0746. The molecule has 0 bridgehead atoms. The first kappa shape index (κ1) is 19.1. The Kier molecular flexibility index (Phi) is 5.25. The number of methoxy groups -OCH3 is 1. The monoisotopic (exact) mass is 390 g/mol. The van der Waals surface area contributed by atoms with Crippen molar-refractivity contribution in [3.05, 3.63) is 65.2 Å². The van der Waals surface area contributed by atoms with E-state index in [1.54, 1.807) is 7.11 Å². The van der Waals surface area contributed by atoms with Crippen molar-refractivity contribution >= 4 is 11.7 Å². The number of nitrogens with one attached hydrogen (secondary N) is 1. The molecule has 1 amide bonds. The highest BCUT2D eigenvalue weighted by molar-refractivity contribution is 5.95. The van der Waals surface area contributed by atoms with Gasteiger partial charge in [-0.05, 0) is 55.3 Å². The third-order valence-electron chi connectivity index (χ3n) is 5.47. The Bertz CT molecular complexity index is 1000. The maximum atomic E-state index is 12.9. The van der Waals surface area contributed by atoms with Gasteiger partial charge in [0.05, 0.1) is 12.8 Å². The number of piperazine rings is 1. The summed E-state index contributed by atoms with van der Waals surface area (Å²) in [6, 6.07) is 16.0. The number of nitrogens with zero attached hydrogens (tertiary/aromatic N) is 3. The normalized spacial score (nSPS) is 14.2. The first-order chi connectivity index (χ1) is 14.0. The molecule has 1 N–H and O–H groups in total.